The molecule has 15 heavy (non-hydrogen) atoms. The van der Waals surface area contributed by atoms with Crippen molar-refractivity contribution in [1.29, 1.82) is 0 Å². The predicted octanol–water partition coefficient (Wildman–Crippen LogP) is 2.73. The number of aliphatic imine (C=N–C) groups is 1. The lowest BCUT2D eigenvalue weighted by Crippen LogP contribution is -2.23. The first-order valence-corrected chi connectivity index (χ1v) is 6.20. The van der Waals surface area contributed by atoms with Crippen LogP contribution < -0.4 is 11.5 Å². The lowest BCUT2D eigenvalue weighted by molar-refractivity contribution is 0.595. The van der Waals surface area contributed by atoms with Crippen LogP contribution in [0.4, 0.5) is 0 Å². The normalized spacial score (nSPS) is 9.93. The molecule has 0 aromatic heterocycles. The van der Waals surface area contributed by atoms with Crippen molar-refractivity contribution in [2.45, 2.75) is 58.3 Å². The summed E-state index contributed by atoms with van der Waals surface area (Å²) in [5.74, 6) is 0.0722. The largest absolute Gasteiger partial charge is 0.370 e. The summed E-state index contributed by atoms with van der Waals surface area (Å²) in [7, 11) is 0. The van der Waals surface area contributed by atoms with Crippen LogP contribution in [0.25, 0.3) is 0 Å². The highest BCUT2D eigenvalue weighted by molar-refractivity contribution is 7.80. The maximum atomic E-state index is 5.22. The van der Waals surface area contributed by atoms with Gasteiger partial charge in [0.25, 0.3) is 0 Å². The zero-order valence-electron chi connectivity index (χ0n) is 9.67. The van der Waals surface area contributed by atoms with Gasteiger partial charge in [-0.3, -0.25) is 0 Å². The van der Waals surface area contributed by atoms with Gasteiger partial charge in [0.15, 0.2) is 5.96 Å². The van der Waals surface area contributed by atoms with Crippen LogP contribution in [-0.2, 0) is 0 Å². The van der Waals surface area contributed by atoms with E-state index in [4.69, 9.17) is 23.7 Å². The number of thiocarbonyl (C=S) groups is 1. The summed E-state index contributed by atoms with van der Waals surface area (Å²) in [4.78, 5) is 4.46. The van der Waals surface area contributed by atoms with Crippen molar-refractivity contribution in [3.8, 4) is 0 Å². The van der Waals surface area contributed by atoms with Gasteiger partial charge >= 0.3 is 0 Å². The zero-order valence-corrected chi connectivity index (χ0v) is 10.5. The molecule has 3 nitrogen and oxygen atoms in total. The van der Waals surface area contributed by atoms with E-state index in [0.29, 0.717) is 4.99 Å². The summed E-state index contributed by atoms with van der Waals surface area (Å²) in [6.45, 7) is 2.23. The van der Waals surface area contributed by atoms with Gasteiger partial charge in [-0.25, -0.2) is 4.99 Å². The molecule has 0 aliphatic rings. The van der Waals surface area contributed by atoms with Crippen molar-refractivity contribution in [2.75, 3.05) is 0 Å². The van der Waals surface area contributed by atoms with Crippen molar-refractivity contribution < 1.29 is 0 Å². The van der Waals surface area contributed by atoms with Crippen LogP contribution in [0, 0.1) is 0 Å². The fraction of sp³-hybridized carbons (Fsp3) is 0.818. The first-order chi connectivity index (χ1) is 7.16. The lowest BCUT2D eigenvalue weighted by atomic mass is 10.1. The second kappa shape index (κ2) is 9.90. The highest BCUT2D eigenvalue weighted by Gasteiger charge is 1.95. The minimum absolute atomic E-state index is 0.0722. The summed E-state index contributed by atoms with van der Waals surface area (Å²) >= 11 is 5.00. The van der Waals surface area contributed by atoms with Crippen LogP contribution in [-0.4, -0.2) is 10.9 Å². The maximum absolute atomic E-state index is 5.22. The van der Waals surface area contributed by atoms with E-state index in [-0.39, 0.29) is 5.96 Å². The van der Waals surface area contributed by atoms with Crippen molar-refractivity contribution >= 4 is 23.2 Å². The minimum atomic E-state index is 0.0722. The Morgan fingerprint density at radius 2 is 1.53 bits per heavy atom. The van der Waals surface area contributed by atoms with Crippen LogP contribution in [0.3, 0.4) is 0 Å². The predicted molar refractivity (Wildman–Crippen MR) is 71.0 cm³/mol. The fourth-order valence-electron chi connectivity index (χ4n) is 1.43. The highest BCUT2D eigenvalue weighted by atomic mass is 32.1. The monoisotopic (exact) mass is 229 g/mol. The van der Waals surface area contributed by atoms with E-state index in [1.165, 1.54) is 38.5 Å². The van der Waals surface area contributed by atoms with Crippen LogP contribution >= 0.6 is 12.2 Å². The topological polar surface area (TPSA) is 64.4 Å². The lowest BCUT2D eigenvalue weighted by Gasteiger charge is -2.00. The molecule has 0 amide bonds. The molecule has 0 aliphatic carbocycles. The Kier molecular flexibility index (Phi) is 9.48. The van der Waals surface area contributed by atoms with Crippen LogP contribution in [0.1, 0.15) is 58.3 Å². The third kappa shape index (κ3) is 11.3. The number of hydrogen-bond acceptors (Lipinski definition) is 1. The average Bonchev–Trinajstić information content (AvgIpc) is 2.15. The van der Waals surface area contributed by atoms with Crippen molar-refractivity contribution in [3.63, 3.8) is 0 Å². The number of guanidine groups is 1. The van der Waals surface area contributed by atoms with Gasteiger partial charge in [-0.15, -0.1) is 0 Å². The number of hydrogen-bond donors (Lipinski definition) is 2. The molecular weight excluding hydrogens is 206 g/mol. The van der Waals surface area contributed by atoms with Crippen molar-refractivity contribution in [2.24, 2.45) is 16.5 Å². The summed E-state index contributed by atoms with van der Waals surface area (Å²) in [6, 6.07) is 0. The van der Waals surface area contributed by atoms with Crippen molar-refractivity contribution in [3.05, 3.63) is 0 Å². The van der Waals surface area contributed by atoms with E-state index in [0.717, 1.165) is 12.8 Å². The molecule has 4 heteroatoms. The highest BCUT2D eigenvalue weighted by Crippen LogP contribution is 2.09. The molecule has 0 rings (SSSR count). The van der Waals surface area contributed by atoms with Gasteiger partial charge in [0.1, 0.15) is 4.99 Å². The molecule has 0 saturated heterocycles. The first-order valence-electron chi connectivity index (χ1n) is 5.79. The third-order valence-corrected chi connectivity index (χ3v) is 2.54. The summed E-state index contributed by atoms with van der Waals surface area (Å²) < 4.78 is 0. The van der Waals surface area contributed by atoms with Gasteiger partial charge in [-0.1, -0.05) is 57.7 Å². The molecule has 0 heterocycles. The van der Waals surface area contributed by atoms with E-state index in [1.807, 2.05) is 0 Å². The standard InChI is InChI=1S/C11H23N3S/c1-2-3-4-5-6-7-8-9-10(15)14-11(12)13/h2-9H2,1H3,(H4,12,13,14,15). The molecule has 0 fully saturated rings. The molecule has 0 aromatic rings. The van der Waals surface area contributed by atoms with E-state index in [9.17, 15) is 0 Å². The van der Waals surface area contributed by atoms with Gasteiger partial charge in [0.05, 0.1) is 0 Å². The van der Waals surface area contributed by atoms with E-state index < -0.39 is 0 Å². The second-order valence-electron chi connectivity index (χ2n) is 3.80. The molecule has 4 N–H and O–H groups in total. The van der Waals surface area contributed by atoms with Crippen LogP contribution in [0.5, 0.6) is 0 Å². The number of unbranched alkanes of at least 4 members (excludes halogenated alkanes) is 6. The molecule has 0 saturated carbocycles. The van der Waals surface area contributed by atoms with Gasteiger partial charge in [0, 0.05) is 6.42 Å². The molecule has 0 unspecified atom stereocenters. The average molecular weight is 229 g/mol. The molecule has 0 atom stereocenters. The summed E-state index contributed by atoms with van der Waals surface area (Å²) in [5.41, 5.74) is 10.4. The third-order valence-electron chi connectivity index (χ3n) is 2.25. The molecule has 88 valence electrons. The second-order valence-corrected chi connectivity index (χ2v) is 4.27. The Balaban J connectivity index is 3.24. The maximum Gasteiger partial charge on any atom is 0.191 e. The van der Waals surface area contributed by atoms with Gasteiger partial charge < -0.3 is 11.5 Å². The van der Waals surface area contributed by atoms with Crippen LogP contribution in [0.2, 0.25) is 0 Å². The van der Waals surface area contributed by atoms with Crippen molar-refractivity contribution in [1.82, 2.24) is 0 Å². The molecule has 0 bridgehead atoms. The van der Waals surface area contributed by atoms with Gasteiger partial charge in [0.2, 0.25) is 0 Å². The Labute approximate surface area is 98.3 Å². The molecule has 0 radical (unpaired) electrons. The SMILES string of the molecule is CCCCCCCCCC(=S)N=C(N)N. The number of rotatable bonds is 8. The van der Waals surface area contributed by atoms with Gasteiger partial charge in [-0.2, -0.15) is 0 Å². The smallest absolute Gasteiger partial charge is 0.191 e. The summed E-state index contributed by atoms with van der Waals surface area (Å²) in [6.07, 6.45) is 9.80. The first kappa shape index (κ1) is 14.4. The van der Waals surface area contributed by atoms with Crippen LogP contribution in [0.15, 0.2) is 4.99 Å². The minimum Gasteiger partial charge on any atom is -0.370 e. The van der Waals surface area contributed by atoms with E-state index in [2.05, 4.69) is 11.9 Å². The Bertz CT molecular complexity index is 198. The van der Waals surface area contributed by atoms with E-state index in [1.54, 1.807) is 0 Å². The molecular formula is C11H23N3S. The van der Waals surface area contributed by atoms with E-state index >= 15 is 0 Å². The Morgan fingerprint density at radius 3 is 2.07 bits per heavy atom. The quantitative estimate of drug-likeness (QED) is 0.291. The zero-order chi connectivity index (χ0) is 11.5. The molecule has 0 aliphatic heterocycles. The Morgan fingerprint density at radius 1 is 1.00 bits per heavy atom. The Hall–Kier alpha value is -0.640. The van der Waals surface area contributed by atoms with Gasteiger partial charge in [-0.05, 0) is 6.42 Å². The number of nitrogens with two attached hydrogens (primary N) is 2. The summed E-state index contributed by atoms with van der Waals surface area (Å²) in [5, 5.41) is 0. The fourth-order valence-corrected chi connectivity index (χ4v) is 1.68. The molecule has 0 aromatic carbocycles. The number of nitrogens with zero attached hydrogens (tertiary/aromatic N) is 1. The molecule has 0 spiro atoms.